The first-order valence-electron chi connectivity index (χ1n) is 13.0. The van der Waals surface area contributed by atoms with Gasteiger partial charge >= 0.3 is 0 Å². The molecule has 206 valence electrons. The van der Waals surface area contributed by atoms with E-state index in [1.54, 1.807) is 13.2 Å². The molecule has 1 aromatic heterocycles. The molecule has 1 aliphatic rings. The van der Waals surface area contributed by atoms with Crippen molar-refractivity contribution in [2.75, 3.05) is 7.11 Å². The fourth-order valence-electron chi connectivity index (χ4n) is 4.63. The fraction of sp³-hybridized carbons (Fsp3) is 0.242. The van der Waals surface area contributed by atoms with Crippen LogP contribution in [-0.4, -0.2) is 22.9 Å². The number of aromatic hydroxyl groups is 2. The van der Waals surface area contributed by atoms with Gasteiger partial charge in [0, 0.05) is 17.7 Å². The molecule has 0 radical (unpaired) electrons. The lowest BCUT2D eigenvalue weighted by molar-refractivity contribution is 0.158. The molecule has 2 heterocycles. The summed E-state index contributed by atoms with van der Waals surface area (Å²) >= 11 is 0. The van der Waals surface area contributed by atoms with Crippen molar-refractivity contribution in [2.24, 2.45) is 0 Å². The van der Waals surface area contributed by atoms with E-state index < -0.39 is 5.60 Å². The van der Waals surface area contributed by atoms with Crippen LogP contribution in [0, 0.1) is 0 Å². The van der Waals surface area contributed by atoms with E-state index in [-0.39, 0.29) is 40.9 Å². The number of phenolic OH excluding ortho intramolecular Hbond substituents is 2. The molecule has 0 fully saturated rings. The molecule has 1 aliphatic heterocycles. The molecule has 0 amide bonds. The maximum atomic E-state index is 14.0. The Balaban J connectivity index is 1.70. The van der Waals surface area contributed by atoms with Crippen molar-refractivity contribution >= 4 is 17.0 Å². The fourth-order valence-corrected chi connectivity index (χ4v) is 4.63. The zero-order valence-electron chi connectivity index (χ0n) is 23.2. The average Bonchev–Trinajstić information content (AvgIpc) is 2.90. The summed E-state index contributed by atoms with van der Waals surface area (Å²) in [7, 11) is 1.61. The maximum Gasteiger partial charge on any atom is 0.200 e. The van der Waals surface area contributed by atoms with Crippen LogP contribution >= 0.6 is 0 Å². The quantitative estimate of drug-likeness (QED) is 0.240. The number of allylic oxidation sites excluding steroid dienone is 2. The van der Waals surface area contributed by atoms with Crippen molar-refractivity contribution in [1.29, 1.82) is 0 Å². The number of hydrogen-bond donors (Lipinski definition) is 2. The summed E-state index contributed by atoms with van der Waals surface area (Å²) in [6, 6.07) is 13.6. The van der Waals surface area contributed by atoms with E-state index in [1.165, 1.54) is 18.2 Å². The van der Waals surface area contributed by atoms with E-state index >= 15 is 0 Å². The lowest BCUT2D eigenvalue weighted by Crippen LogP contribution is -2.27. The van der Waals surface area contributed by atoms with Gasteiger partial charge in [-0.25, -0.2) is 0 Å². The molecule has 7 heteroatoms. The summed E-state index contributed by atoms with van der Waals surface area (Å²) in [4.78, 5) is 14.0. The first-order chi connectivity index (χ1) is 19.1. The molecule has 0 unspecified atom stereocenters. The first-order valence-corrected chi connectivity index (χ1v) is 13.0. The van der Waals surface area contributed by atoms with Crippen LogP contribution in [0.5, 0.6) is 28.7 Å². The van der Waals surface area contributed by atoms with E-state index in [1.807, 2.05) is 70.2 Å². The van der Waals surface area contributed by atoms with Crippen LogP contribution < -0.4 is 19.6 Å². The zero-order valence-corrected chi connectivity index (χ0v) is 23.2. The highest BCUT2D eigenvalue weighted by Gasteiger charge is 2.28. The van der Waals surface area contributed by atoms with Crippen LogP contribution in [0.1, 0.15) is 44.4 Å². The largest absolute Gasteiger partial charge is 0.508 e. The van der Waals surface area contributed by atoms with E-state index in [4.69, 9.17) is 18.6 Å². The van der Waals surface area contributed by atoms with E-state index in [0.29, 0.717) is 33.9 Å². The van der Waals surface area contributed by atoms with Gasteiger partial charge in [0.05, 0.1) is 18.2 Å². The van der Waals surface area contributed by atoms with Crippen molar-refractivity contribution in [3.05, 3.63) is 93.2 Å². The third-order valence-corrected chi connectivity index (χ3v) is 6.74. The van der Waals surface area contributed by atoms with Crippen LogP contribution in [0.25, 0.3) is 28.4 Å². The monoisotopic (exact) mass is 540 g/mol. The molecule has 0 aliphatic carbocycles. The molecule has 40 heavy (non-hydrogen) atoms. The highest BCUT2D eigenvalue weighted by molar-refractivity contribution is 5.95. The van der Waals surface area contributed by atoms with Crippen molar-refractivity contribution in [2.45, 2.75) is 46.3 Å². The summed E-state index contributed by atoms with van der Waals surface area (Å²) in [5.41, 5.74) is 2.64. The van der Waals surface area contributed by atoms with Gasteiger partial charge in [0.1, 0.15) is 52.1 Å². The van der Waals surface area contributed by atoms with Crippen LogP contribution in [-0.2, 0) is 13.0 Å². The average molecular weight is 541 g/mol. The van der Waals surface area contributed by atoms with Crippen molar-refractivity contribution in [3.63, 3.8) is 0 Å². The Morgan fingerprint density at radius 2 is 1.80 bits per heavy atom. The van der Waals surface area contributed by atoms with Crippen LogP contribution in [0.3, 0.4) is 0 Å². The van der Waals surface area contributed by atoms with Gasteiger partial charge in [-0.3, -0.25) is 4.79 Å². The van der Waals surface area contributed by atoms with E-state index in [0.717, 1.165) is 16.9 Å². The van der Waals surface area contributed by atoms with Gasteiger partial charge in [0.2, 0.25) is 5.43 Å². The summed E-state index contributed by atoms with van der Waals surface area (Å²) < 4.78 is 24.0. The molecule has 5 rings (SSSR count). The Hall–Kier alpha value is -4.65. The molecule has 2 N–H and O–H groups in total. The Labute approximate surface area is 232 Å². The second-order valence-corrected chi connectivity index (χ2v) is 10.6. The molecule has 0 saturated heterocycles. The summed E-state index contributed by atoms with van der Waals surface area (Å²) in [5, 5.41) is 21.3. The van der Waals surface area contributed by atoms with Gasteiger partial charge in [-0.1, -0.05) is 23.8 Å². The van der Waals surface area contributed by atoms with Crippen molar-refractivity contribution in [1.82, 2.24) is 0 Å². The van der Waals surface area contributed by atoms with Crippen LogP contribution in [0.2, 0.25) is 0 Å². The Morgan fingerprint density at radius 3 is 2.50 bits per heavy atom. The number of benzene rings is 3. The topological polar surface area (TPSA) is 98.4 Å². The number of methoxy groups -OCH3 is 1. The molecule has 3 aromatic carbocycles. The third kappa shape index (κ3) is 5.27. The first kappa shape index (κ1) is 26.9. The minimum Gasteiger partial charge on any atom is -0.508 e. The van der Waals surface area contributed by atoms with Crippen LogP contribution in [0.15, 0.2) is 75.5 Å². The molecule has 0 spiro atoms. The number of rotatable bonds is 7. The lowest BCUT2D eigenvalue weighted by Gasteiger charge is -2.28. The minimum absolute atomic E-state index is 0.0102. The van der Waals surface area contributed by atoms with Gasteiger partial charge < -0.3 is 28.8 Å². The van der Waals surface area contributed by atoms with E-state index in [9.17, 15) is 15.0 Å². The van der Waals surface area contributed by atoms with Crippen molar-refractivity contribution < 1.29 is 28.8 Å². The van der Waals surface area contributed by atoms with Crippen molar-refractivity contribution in [3.8, 4) is 40.1 Å². The molecular formula is C33H32O7. The van der Waals surface area contributed by atoms with Gasteiger partial charge in [-0.2, -0.15) is 0 Å². The smallest absolute Gasteiger partial charge is 0.200 e. The van der Waals surface area contributed by atoms with Gasteiger partial charge in [0.25, 0.3) is 0 Å². The summed E-state index contributed by atoms with van der Waals surface area (Å²) in [6.45, 7) is 7.92. The highest BCUT2D eigenvalue weighted by Crippen LogP contribution is 2.43. The zero-order chi connectivity index (χ0) is 28.6. The van der Waals surface area contributed by atoms with Gasteiger partial charge in [-0.05, 0) is 76.1 Å². The maximum absolute atomic E-state index is 14.0. The Kier molecular flexibility index (Phi) is 7.06. The molecule has 0 bridgehead atoms. The second kappa shape index (κ2) is 10.5. The molecule has 4 aromatic rings. The predicted octanol–water partition coefficient (Wildman–Crippen LogP) is 7.15. The minimum atomic E-state index is -0.584. The number of fused-ring (bicyclic) bond motifs is 3. The molecule has 0 saturated carbocycles. The van der Waals surface area contributed by atoms with Gasteiger partial charge in [0.15, 0.2) is 5.58 Å². The number of ether oxygens (including phenoxy) is 3. The molecular weight excluding hydrogens is 508 g/mol. The SMILES string of the molecule is COc1ccc(COc2cc(O)ccc2-c2oc3c4c(cc(O)c3c(=O)c2CC=C(C)C)OC(C)(C)C=C4)cc1. The normalized spacial score (nSPS) is 13.4. The molecule has 0 atom stereocenters. The van der Waals surface area contributed by atoms with E-state index in [2.05, 4.69) is 0 Å². The number of hydrogen-bond acceptors (Lipinski definition) is 7. The Bertz CT molecular complexity index is 1700. The van der Waals surface area contributed by atoms with Gasteiger partial charge in [-0.15, -0.1) is 0 Å². The lowest BCUT2D eigenvalue weighted by atomic mass is 9.96. The Morgan fingerprint density at radius 1 is 1.05 bits per heavy atom. The molecule has 7 nitrogen and oxygen atoms in total. The number of phenols is 2. The predicted molar refractivity (Wildman–Crippen MR) is 155 cm³/mol. The second-order valence-electron chi connectivity index (χ2n) is 10.6. The summed E-state index contributed by atoms with van der Waals surface area (Å²) in [6.07, 6.45) is 5.94. The third-order valence-electron chi connectivity index (χ3n) is 6.74. The highest BCUT2D eigenvalue weighted by atomic mass is 16.5. The van der Waals surface area contributed by atoms with Crippen LogP contribution in [0.4, 0.5) is 0 Å². The summed E-state index contributed by atoms with van der Waals surface area (Å²) in [5.74, 6) is 1.60. The standard InChI is InChI=1S/C33H32O7/c1-19(2)6-12-25-30(36)29-26(35)17-28-24(14-15-33(3,4)40-28)32(29)39-31(25)23-13-9-21(34)16-27(23)38-18-20-7-10-22(37-5)11-8-20/h6-11,13-17,34-35H,12,18H2,1-5H3.